The summed E-state index contributed by atoms with van der Waals surface area (Å²) in [5.74, 6) is 5.66. The Balaban J connectivity index is 2.99. The standard InChI is InChI=1S/C9H17N5O2/c1-5-9(3,4)11-7(15)14-8(16)13(10)6(2)12-14/h5,10H2,1-4H3,(H,11,15). The molecule has 0 fully saturated rings. The summed E-state index contributed by atoms with van der Waals surface area (Å²) in [6, 6.07) is -0.566. The number of carbonyl (C=O) groups is 1. The van der Waals surface area contributed by atoms with E-state index >= 15 is 0 Å². The Kier molecular flexibility index (Phi) is 3.06. The van der Waals surface area contributed by atoms with Crippen LogP contribution in [0.3, 0.4) is 0 Å². The summed E-state index contributed by atoms with van der Waals surface area (Å²) in [5.41, 5.74) is -1.04. The van der Waals surface area contributed by atoms with E-state index in [1.807, 2.05) is 20.8 Å². The van der Waals surface area contributed by atoms with Crippen LogP contribution in [0.4, 0.5) is 4.79 Å². The topological polar surface area (TPSA) is 94.9 Å². The number of nitrogen functional groups attached to an aromatic ring is 1. The molecule has 0 radical (unpaired) electrons. The third kappa shape index (κ3) is 2.23. The summed E-state index contributed by atoms with van der Waals surface area (Å²) in [7, 11) is 0. The first kappa shape index (κ1) is 12.3. The molecule has 1 rings (SSSR count). The molecule has 0 unspecified atom stereocenters. The van der Waals surface area contributed by atoms with E-state index in [0.717, 1.165) is 15.8 Å². The predicted octanol–water partition coefficient (Wildman–Crippen LogP) is -0.187. The van der Waals surface area contributed by atoms with Crippen LogP contribution in [-0.2, 0) is 0 Å². The number of carbonyl (C=O) groups excluding carboxylic acids is 1. The Morgan fingerprint density at radius 2 is 2.12 bits per heavy atom. The molecule has 0 aliphatic carbocycles. The van der Waals surface area contributed by atoms with Gasteiger partial charge in [-0.15, -0.1) is 9.78 Å². The summed E-state index contributed by atoms with van der Waals surface area (Å²) in [5, 5.41) is 6.45. The highest BCUT2D eigenvalue weighted by Crippen LogP contribution is 2.06. The van der Waals surface area contributed by atoms with Crippen molar-refractivity contribution in [3.63, 3.8) is 0 Å². The fraction of sp³-hybridized carbons (Fsp3) is 0.667. The van der Waals surface area contributed by atoms with E-state index in [2.05, 4.69) is 10.4 Å². The van der Waals surface area contributed by atoms with Crippen LogP contribution in [-0.4, -0.2) is 26.0 Å². The van der Waals surface area contributed by atoms with Crippen molar-refractivity contribution in [3.8, 4) is 0 Å². The van der Waals surface area contributed by atoms with Crippen molar-refractivity contribution >= 4 is 6.03 Å². The number of amides is 1. The van der Waals surface area contributed by atoms with Gasteiger partial charge in [-0.3, -0.25) is 0 Å². The van der Waals surface area contributed by atoms with Crippen LogP contribution in [0, 0.1) is 6.92 Å². The number of hydrogen-bond donors (Lipinski definition) is 2. The van der Waals surface area contributed by atoms with E-state index in [9.17, 15) is 9.59 Å². The second kappa shape index (κ2) is 3.99. The van der Waals surface area contributed by atoms with Gasteiger partial charge in [0.25, 0.3) is 0 Å². The van der Waals surface area contributed by atoms with Crippen molar-refractivity contribution in [1.82, 2.24) is 19.8 Å². The van der Waals surface area contributed by atoms with Crippen LogP contribution in [0.15, 0.2) is 4.79 Å². The molecule has 1 amide bonds. The molecule has 0 saturated carbocycles. The largest absolute Gasteiger partial charge is 0.373 e. The first-order valence-corrected chi connectivity index (χ1v) is 5.05. The number of hydrogen-bond acceptors (Lipinski definition) is 4. The van der Waals surface area contributed by atoms with E-state index in [1.165, 1.54) is 0 Å². The van der Waals surface area contributed by atoms with Gasteiger partial charge >= 0.3 is 11.7 Å². The van der Waals surface area contributed by atoms with Gasteiger partial charge in [0.1, 0.15) is 0 Å². The summed E-state index contributed by atoms with van der Waals surface area (Å²) < 4.78 is 1.56. The molecule has 7 heteroatoms. The summed E-state index contributed by atoms with van der Waals surface area (Å²) in [6.07, 6.45) is 0.746. The molecule has 0 atom stereocenters. The SMILES string of the molecule is CCC(C)(C)NC(=O)n1nc(C)n(N)c1=O. The molecule has 0 aliphatic heterocycles. The lowest BCUT2D eigenvalue weighted by Gasteiger charge is -2.23. The minimum Gasteiger partial charge on any atom is -0.333 e. The van der Waals surface area contributed by atoms with Crippen LogP contribution < -0.4 is 16.8 Å². The lowest BCUT2D eigenvalue weighted by Crippen LogP contribution is -2.48. The smallest absolute Gasteiger partial charge is 0.333 e. The van der Waals surface area contributed by atoms with Crippen molar-refractivity contribution in [2.45, 2.75) is 39.7 Å². The Labute approximate surface area is 93.2 Å². The lowest BCUT2D eigenvalue weighted by atomic mass is 10.0. The molecule has 1 aromatic rings. The molecular weight excluding hydrogens is 210 g/mol. The zero-order chi connectivity index (χ0) is 12.5. The van der Waals surface area contributed by atoms with Gasteiger partial charge in [0.05, 0.1) is 0 Å². The molecule has 90 valence electrons. The second-order valence-electron chi connectivity index (χ2n) is 4.28. The average Bonchev–Trinajstić information content (AvgIpc) is 2.45. The number of aryl methyl sites for hydroxylation is 1. The van der Waals surface area contributed by atoms with Crippen LogP contribution in [0.2, 0.25) is 0 Å². The molecular formula is C9H17N5O2. The highest BCUT2D eigenvalue weighted by molar-refractivity contribution is 5.76. The van der Waals surface area contributed by atoms with Crippen molar-refractivity contribution < 1.29 is 4.79 Å². The first-order valence-electron chi connectivity index (χ1n) is 5.05. The number of aromatic nitrogens is 3. The molecule has 0 spiro atoms. The maximum atomic E-state index is 11.7. The Bertz CT molecular complexity index is 457. The maximum absolute atomic E-state index is 11.7. The van der Waals surface area contributed by atoms with Crippen LogP contribution in [0.1, 0.15) is 33.0 Å². The molecule has 0 aliphatic rings. The Morgan fingerprint density at radius 3 is 2.50 bits per heavy atom. The van der Waals surface area contributed by atoms with Gasteiger partial charge in [-0.05, 0) is 27.2 Å². The normalized spacial score (nSPS) is 11.5. The van der Waals surface area contributed by atoms with E-state index < -0.39 is 11.7 Å². The maximum Gasteiger partial charge on any atom is 0.373 e. The van der Waals surface area contributed by atoms with Gasteiger partial charge in [-0.2, -0.15) is 4.68 Å². The monoisotopic (exact) mass is 227 g/mol. The van der Waals surface area contributed by atoms with Crippen molar-refractivity contribution in [1.29, 1.82) is 0 Å². The average molecular weight is 227 g/mol. The highest BCUT2D eigenvalue weighted by Gasteiger charge is 2.22. The number of nitrogens with zero attached hydrogens (tertiary/aromatic N) is 3. The molecule has 0 saturated heterocycles. The van der Waals surface area contributed by atoms with E-state index in [-0.39, 0.29) is 11.4 Å². The van der Waals surface area contributed by atoms with E-state index in [0.29, 0.717) is 0 Å². The van der Waals surface area contributed by atoms with Crippen molar-refractivity contribution in [2.75, 3.05) is 5.84 Å². The molecule has 1 heterocycles. The quantitative estimate of drug-likeness (QED) is 0.685. The van der Waals surface area contributed by atoms with Gasteiger partial charge in [-0.1, -0.05) is 6.92 Å². The Hall–Kier alpha value is -1.79. The molecule has 3 N–H and O–H groups in total. The van der Waals surface area contributed by atoms with Crippen LogP contribution in [0.5, 0.6) is 0 Å². The number of nitrogens with two attached hydrogens (primary N) is 1. The van der Waals surface area contributed by atoms with Gasteiger partial charge in [0.15, 0.2) is 5.82 Å². The van der Waals surface area contributed by atoms with Gasteiger partial charge < -0.3 is 11.2 Å². The minimum absolute atomic E-state index is 0.287. The highest BCUT2D eigenvalue weighted by atomic mass is 16.2. The lowest BCUT2D eigenvalue weighted by molar-refractivity contribution is 0.226. The number of rotatable bonds is 2. The first-order chi connectivity index (χ1) is 7.28. The third-order valence-electron chi connectivity index (χ3n) is 2.50. The third-order valence-corrected chi connectivity index (χ3v) is 2.50. The molecule has 0 bridgehead atoms. The molecule has 7 nitrogen and oxygen atoms in total. The van der Waals surface area contributed by atoms with Gasteiger partial charge in [-0.25, -0.2) is 9.59 Å². The molecule has 1 aromatic heterocycles. The van der Waals surface area contributed by atoms with Crippen LogP contribution in [0.25, 0.3) is 0 Å². The zero-order valence-corrected chi connectivity index (χ0v) is 9.94. The zero-order valence-electron chi connectivity index (χ0n) is 9.94. The summed E-state index contributed by atoms with van der Waals surface area (Å²) in [4.78, 5) is 23.2. The minimum atomic E-state index is -0.651. The fourth-order valence-electron chi connectivity index (χ4n) is 1.04. The van der Waals surface area contributed by atoms with E-state index in [4.69, 9.17) is 5.84 Å². The van der Waals surface area contributed by atoms with Gasteiger partial charge in [0, 0.05) is 5.54 Å². The fourth-order valence-corrected chi connectivity index (χ4v) is 1.04. The van der Waals surface area contributed by atoms with Crippen molar-refractivity contribution in [2.24, 2.45) is 0 Å². The molecule has 16 heavy (non-hydrogen) atoms. The summed E-state index contributed by atoms with van der Waals surface area (Å²) >= 11 is 0. The van der Waals surface area contributed by atoms with E-state index in [1.54, 1.807) is 6.92 Å². The van der Waals surface area contributed by atoms with Crippen LogP contribution >= 0.6 is 0 Å². The van der Waals surface area contributed by atoms with Crippen molar-refractivity contribution in [3.05, 3.63) is 16.3 Å². The summed E-state index contributed by atoms with van der Waals surface area (Å²) in [6.45, 7) is 7.22. The Morgan fingerprint density at radius 1 is 1.56 bits per heavy atom. The predicted molar refractivity (Wildman–Crippen MR) is 59.7 cm³/mol. The van der Waals surface area contributed by atoms with Gasteiger partial charge in [0.2, 0.25) is 0 Å². The second-order valence-corrected chi connectivity index (χ2v) is 4.28. The molecule has 0 aromatic carbocycles. The number of nitrogens with one attached hydrogen (secondary N) is 1.